The van der Waals surface area contributed by atoms with Crippen molar-refractivity contribution in [2.24, 2.45) is 0 Å². The molecule has 2 aromatic heterocycles. The maximum absolute atomic E-state index is 13.2. The summed E-state index contributed by atoms with van der Waals surface area (Å²) >= 11 is 0. The average Bonchev–Trinajstić information content (AvgIpc) is 3.51. The molecule has 0 saturated heterocycles. The van der Waals surface area contributed by atoms with Gasteiger partial charge in [0.2, 0.25) is 17.7 Å². The maximum atomic E-state index is 13.2. The molecule has 198 valence electrons. The van der Waals surface area contributed by atoms with Gasteiger partial charge < -0.3 is 20.1 Å². The molecule has 4 aromatic rings. The summed E-state index contributed by atoms with van der Waals surface area (Å²) in [5.41, 5.74) is 7.21. The summed E-state index contributed by atoms with van der Waals surface area (Å²) in [6.07, 6.45) is 5.08. The van der Waals surface area contributed by atoms with Gasteiger partial charge in [0.1, 0.15) is 12.4 Å². The summed E-state index contributed by atoms with van der Waals surface area (Å²) in [6.45, 7) is 4.20. The quantitative estimate of drug-likeness (QED) is 0.416. The van der Waals surface area contributed by atoms with Crippen molar-refractivity contribution < 1.29 is 14.4 Å². The largest absolute Gasteiger partial charge is 0.349 e. The van der Waals surface area contributed by atoms with Crippen LogP contribution >= 0.6 is 0 Å². The van der Waals surface area contributed by atoms with Crippen molar-refractivity contribution in [3.05, 3.63) is 88.2 Å². The van der Waals surface area contributed by atoms with Gasteiger partial charge in [-0.05, 0) is 78.8 Å². The lowest BCUT2D eigenvalue weighted by Gasteiger charge is -2.20. The Hall–Kier alpha value is -4.46. The van der Waals surface area contributed by atoms with Crippen molar-refractivity contribution in [1.29, 1.82) is 0 Å². The molecule has 1 unspecified atom stereocenters. The summed E-state index contributed by atoms with van der Waals surface area (Å²) in [7, 11) is 3.50. The van der Waals surface area contributed by atoms with Gasteiger partial charge in [-0.1, -0.05) is 18.2 Å². The van der Waals surface area contributed by atoms with E-state index in [4.69, 9.17) is 0 Å². The summed E-state index contributed by atoms with van der Waals surface area (Å²) in [5, 5.41) is 7.00. The monoisotopic (exact) mass is 521 g/mol. The van der Waals surface area contributed by atoms with Crippen molar-refractivity contribution >= 4 is 40.1 Å². The molecule has 8 heteroatoms. The van der Waals surface area contributed by atoms with Crippen molar-refractivity contribution in [3.63, 3.8) is 0 Å². The minimum atomic E-state index is -0.644. The Morgan fingerprint density at radius 2 is 1.90 bits per heavy atom. The summed E-state index contributed by atoms with van der Waals surface area (Å²) < 4.78 is 1.93. The van der Waals surface area contributed by atoms with Crippen molar-refractivity contribution in [1.82, 2.24) is 14.5 Å². The van der Waals surface area contributed by atoms with E-state index in [1.54, 1.807) is 25.2 Å². The minimum Gasteiger partial charge on any atom is -0.349 e. The third-order valence-electron chi connectivity index (χ3n) is 8.02. The highest BCUT2D eigenvalue weighted by atomic mass is 16.2. The predicted octanol–water partition coefficient (Wildman–Crippen LogP) is 3.91. The second-order valence-corrected chi connectivity index (χ2v) is 11.0. The number of rotatable bonds is 5. The molecule has 1 atom stereocenters. The van der Waals surface area contributed by atoms with Gasteiger partial charge in [-0.2, -0.15) is 0 Å². The maximum Gasteiger partial charge on any atom is 0.244 e. The number of fused-ring (bicyclic) bond motifs is 4. The van der Waals surface area contributed by atoms with E-state index in [0.717, 1.165) is 44.3 Å². The highest BCUT2D eigenvalue weighted by Crippen LogP contribution is 2.47. The van der Waals surface area contributed by atoms with Gasteiger partial charge in [-0.3, -0.25) is 14.4 Å². The normalized spacial score (nSPS) is 17.3. The Bertz CT molecular complexity index is 1690. The highest BCUT2D eigenvalue weighted by Gasteiger charge is 2.51. The van der Waals surface area contributed by atoms with Crippen molar-refractivity contribution in [2.75, 3.05) is 24.7 Å². The fraction of sp³-hybridized carbons (Fsp3) is 0.290. The molecule has 0 fully saturated rings. The molecule has 39 heavy (non-hydrogen) atoms. The second kappa shape index (κ2) is 9.08. The smallest absolute Gasteiger partial charge is 0.244 e. The SMILES string of the molecule is Cc1cc(C)c2c(CC(=O)N(C)C)cn(CC(=O)Nc3ccc4c(c3)CC3(C4)C(=O)Nc4ncccc43)c2c1. The van der Waals surface area contributed by atoms with Crippen LogP contribution in [0.1, 0.15) is 33.4 Å². The Morgan fingerprint density at radius 1 is 1.10 bits per heavy atom. The van der Waals surface area contributed by atoms with E-state index in [9.17, 15) is 14.4 Å². The van der Waals surface area contributed by atoms with Gasteiger partial charge in [0, 0.05) is 48.6 Å². The number of nitrogens with zero attached hydrogens (tertiary/aromatic N) is 3. The number of anilines is 2. The minimum absolute atomic E-state index is 0.0174. The molecule has 3 amide bonds. The van der Waals surface area contributed by atoms with Crippen LogP contribution in [-0.2, 0) is 45.6 Å². The first-order valence-corrected chi connectivity index (χ1v) is 13.1. The highest BCUT2D eigenvalue weighted by molar-refractivity contribution is 6.06. The zero-order chi connectivity index (χ0) is 27.5. The first-order chi connectivity index (χ1) is 18.6. The lowest BCUT2D eigenvalue weighted by Crippen LogP contribution is -2.35. The summed E-state index contributed by atoms with van der Waals surface area (Å²) in [6, 6.07) is 13.9. The standard InChI is InChI=1S/C31H31N5O3/c1-18-10-19(2)28-22(13-27(38)35(3)4)16-36(25(28)11-18)17-26(37)33-23-8-7-20-14-31(15-21(20)12-23)24-6-5-9-32-29(24)34-30(31)39/h5-12,16H,13-15,17H2,1-4H3,(H,33,37)(H,32,34,39). The molecule has 0 bridgehead atoms. The first-order valence-electron chi connectivity index (χ1n) is 13.1. The van der Waals surface area contributed by atoms with E-state index in [1.807, 2.05) is 54.9 Å². The summed E-state index contributed by atoms with van der Waals surface area (Å²) in [5.74, 6) is 0.479. The molecule has 0 radical (unpaired) electrons. The van der Waals surface area contributed by atoms with Crippen LogP contribution in [0.5, 0.6) is 0 Å². The average molecular weight is 522 g/mol. The van der Waals surface area contributed by atoms with Gasteiger partial charge in [-0.25, -0.2) is 4.98 Å². The zero-order valence-electron chi connectivity index (χ0n) is 22.6. The van der Waals surface area contributed by atoms with Gasteiger partial charge in [-0.15, -0.1) is 0 Å². The molecular formula is C31H31N5O3. The van der Waals surface area contributed by atoms with Crippen molar-refractivity contribution in [2.45, 2.75) is 45.1 Å². The van der Waals surface area contributed by atoms with E-state index in [-0.39, 0.29) is 30.7 Å². The molecule has 3 heterocycles. The molecule has 8 nitrogen and oxygen atoms in total. The van der Waals surface area contributed by atoms with Crippen molar-refractivity contribution in [3.8, 4) is 0 Å². The van der Waals surface area contributed by atoms with Crippen LogP contribution in [-0.4, -0.2) is 46.3 Å². The number of hydrogen-bond acceptors (Lipinski definition) is 4. The van der Waals surface area contributed by atoms with Crippen LogP contribution < -0.4 is 10.6 Å². The molecule has 2 aromatic carbocycles. The molecule has 0 saturated carbocycles. The molecule has 1 aliphatic carbocycles. The number of pyridine rings is 1. The van der Waals surface area contributed by atoms with Crippen LogP contribution in [0.15, 0.2) is 54.9 Å². The number of hydrogen-bond donors (Lipinski definition) is 2. The third kappa shape index (κ3) is 4.16. The number of carbonyl (C=O) groups excluding carboxylic acids is 3. The van der Waals surface area contributed by atoms with Gasteiger partial charge in [0.25, 0.3) is 0 Å². The number of amides is 3. The number of nitrogens with one attached hydrogen (secondary N) is 2. The second-order valence-electron chi connectivity index (χ2n) is 11.0. The number of likely N-dealkylation sites (N-methyl/N-ethyl adjacent to an activating group) is 1. The fourth-order valence-electron chi connectivity index (χ4n) is 6.20. The Balaban J connectivity index is 1.24. The topological polar surface area (TPSA) is 96.3 Å². The molecular weight excluding hydrogens is 490 g/mol. The van der Waals surface area contributed by atoms with Crippen LogP contribution in [0, 0.1) is 13.8 Å². The van der Waals surface area contributed by atoms with Crippen LogP contribution in [0.25, 0.3) is 10.9 Å². The number of aryl methyl sites for hydroxylation is 2. The van der Waals surface area contributed by atoms with E-state index >= 15 is 0 Å². The Kier molecular flexibility index (Phi) is 5.79. The van der Waals surface area contributed by atoms with Crippen LogP contribution in [0.3, 0.4) is 0 Å². The van der Waals surface area contributed by atoms with E-state index < -0.39 is 5.41 Å². The summed E-state index contributed by atoms with van der Waals surface area (Å²) in [4.78, 5) is 44.6. The number of carbonyl (C=O) groups is 3. The fourth-order valence-corrected chi connectivity index (χ4v) is 6.20. The Morgan fingerprint density at radius 3 is 2.69 bits per heavy atom. The van der Waals surface area contributed by atoms with Gasteiger partial charge >= 0.3 is 0 Å². The molecule has 2 aliphatic rings. The van der Waals surface area contributed by atoms with E-state index in [1.165, 1.54) is 0 Å². The molecule has 2 N–H and O–H groups in total. The predicted molar refractivity (Wildman–Crippen MR) is 151 cm³/mol. The molecule has 1 aliphatic heterocycles. The van der Waals surface area contributed by atoms with Crippen LogP contribution in [0.4, 0.5) is 11.5 Å². The Labute approximate surface area is 227 Å². The van der Waals surface area contributed by atoms with Gasteiger partial charge in [0.05, 0.1) is 11.8 Å². The van der Waals surface area contributed by atoms with Gasteiger partial charge in [0.15, 0.2) is 0 Å². The van der Waals surface area contributed by atoms with Crippen LogP contribution in [0.2, 0.25) is 0 Å². The lowest BCUT2D eigenvalue weighted by atomic mass is 9.79. The first kappa shape index (κ1) is 24.9. The number of benzene rings is 2. The lowest BCUT2D eigenvalue weighted by molar-refractivity contribution is -0.128. The zero-order valence-corrected chi connectivity index (χ0v) is 22.6. The van der Waals surface area contributed by atoms with E-state index in [2.05, 4.69) is 27.8 Å². The third-order valence-corrected chi connectivity index (χ3v) is 8.02. The molecule has 6 rings (SSSR count). The van der Waals surface area contributed by atoms with E-state index in [0.29, 0.717) is 24.3 Å². The molecule has 1 spiro atoms. The number of aromatic nitrogens is 2.